The number of carbonyl (C=O) groups is 1. The van der Waals surface area contributed by atoms with Crippen LogP contribution in [-0.4, -0.2) is 17.5 Å². The molecule has 1 atom stereocenters. The Labute approximate surface area is 73.0 Å². The van der Waals surface area contributed by atoms with Crippen LogP contribution in [0.2, 0.25) is 0 Å². The van der Waals surface area contributed by atoms with E-state index in [9.17, 15) is 4.79 Å². The van der Waals surface area contributed by atoms with Gasteiger partial charge in [-0.25, -0.2) is 0 Å². The van der Waals surface area contributed by atoms with E-state index in [1.54, 1.807) is 6.08 Å². The zero-order valence-electron chi connectivity index (χ0n) is 7.47. The van der Waals surface area contributed by atoms with E-state index in [0.717, 1.165) is 19.3 Å². The molecule has 0 heterocycles. The van der Waals surface area contributed by atoms with Gasteiger partial charge in [-0.1, -0.05) is 6.08 Å². The first-order chi connectivity index (χ1) is 5.58. The average Bonchev–Trinajstić information content (AvgIpc) is 2.69. The molecule has 12 heavy (non-hydrogen) atoms. The number of nitrogens with one attached hydrogen (secondary N) is 1. The first kappa shape index (κ1) is 9.26. The summed E-state index contributed by atoms with van der Waals surface area (Å²) in [5.74, 6) is -0.0168. The van der Waals surface area contributed by atoms with Crippen molar-refractivity contribution in [1.29, 1.82) is 0 Å². The number of rotatable bonds is 4. The van der Waals surface area contributed by atoms with Crippen LogP contribution in [0.15, 0.2) is 12.7 Å². The monoisotopic (exact) mass is 168 g/mol. The van der Waals surface area contributed by atoms with Crippen LogP contribution < -0.4 is 11.1 Å². The summed E-state index contributed by atoms with van der Waals surface area (Å²) in [6.45, 7) is 5.55. The highest BCUT2D eigenvalue weighted by atomic mass is 16.2. The maximum atomic E-state index is 11.3. The van der Waals surface area contributed by atoms with Gasteiger partial charge in [-0.15, -0.1) is 6.58 Å². The lowest BCUT2D eigenvalue weighted by Crippen LogP contribution is -2.46. The summed E-state index contributed by atoms with van der Waals surface area (Å²) in [5, 5.41) is 2.85. The number of nitrogens with two attached hydrogens (primary N) is 1. The van der Waals surface area contributed by atoms with E-state index in [0.29, 0.717) is 0 Å². The lowest BCUT2D eigenvalue weighted by Gasteiger charge is -2.14. The second kappa shape index (κ2) is 3.27. The normalized spacial score (nSPS) is 21.2. The highest BCUT2D eigenvalue weighted by molar-refractivity contribution is 5.89. The fourth-order valence-corrected chi connectivity index (χ4v) is 1.04. The molecule has 0 saturated heterocycles. The van der Waals surface area contributed by atoms with Crippen LogP contribution >= 0.6 is 0 Å². The minimum atomic E-state index is -0.546. The Morgan fingerprint density at radius 2 is 2.42 bits per heavy atom. The molecule has 1 unspecified atom stereocenters. The minimum Gasteiger partial charge on any atom is -0.352 e. The van der Waals surface area contributed by atoms with Crippen LogP contribution in [0.25, 0.3) is 0 Å². The van der Waals surface area contributed by atoms with Gasteiger partial charge in [0.1, 0.15) is 0 Å². The zero-order valence-corrected chi connectivity index (χ0v) is 7.47. The van der Waals surface area contributed by atoms with Crippen molar-refractivity contribution in [2.45, 2.75) is 37.8 Å². The maximum absolute atomic E-state index is 11.3. The first-order valence-corrected chi connectivity index (χ1v) is 4.29. The highest BCUT2D eigenvalue weighted by Crippen LogP contribution is 2.32. The van der Waals surface area contributed by atoms with Crippen molar-refractivity contribution in [2.75, 3.05) is 0 Å². The SMILES string of the molecule is C=CCC(C)NC(=O)C1(N)CC1. The van der Waals surface area contributed by atoms with Crippen molar-refractivity contribution in [3.63, 3.8) is 0 Å². The van der Waals surface area contributed by atoms with Crippen molar-refractivity contribution >= 4 is 5.91 Å². The summed E-state index contributed by atoms with van der Waals surface area (Å²) in [7, 11) is 0. The second-order valence-corrected chi connectivity index (χ2v) is 3.56. The predicted molar refractivity (Wildman–Crippen MR) is 48.6 cm³/mol. The Balaban J connectivity index is 2.30. The van der Waals surface area contributed by atoms with E-state index in [2.05, 4.69) is 11.9 Å². The molecule has 0 bridgehead atoms. The molecular weight excluding hydrogens is 152 g/mol. The Kier molecular flexibility index (Phi) is 2.52. The van der Waals surface area contributed by atoms with Crippen LogP contribution in [0.5, 0.6) is 0 Å². The van der Waals surface area contributed by atoms with E-state index in [4.69, 9.17) is 5.73 Å². The summed E-state index contributed by atoms with van der Waals surface area (Å²) in [6.07, 6.45) is 4.22. The molecule has 1 aliphatic rings. The van der Waals surface area contributed by atoms with Crippen molar-refractivity contribution in [3.8, 4) is 0 Å². The lowest BCUT2D eigenvalue weighted by atomic mass is 10.2. The van der Waals surface area contributed by atoms with Gasteiger partial charge in [0.15, 0.2) is 0 Å². The third-order valence-electron chi connectivity index (χ3n) is 2.14. The highest BCUT2D eigenvalue weighted by Gasteiger charge is 2.46. The van der Waals surface area contributed by atoms with Gasteiger partial charge in [0.25, 0.3) is 0 Å². The molecule has 1 saturated carbocycles. The molecule has 0 aromatic rings. The number of amides is 1. The summed E-state index contributed by atoms with van der Waals surface area (Å²) in [5.41, 5.74) is 5.15. The van der Waals surface area contributed by atoms with Crippen molar-refractivity contribution < 1.29 is 4.79 Å². The van der Waals surface area contributed by atoms with E-state index in [1.807, 2.05) is 6.92 Å². The molecule has 1 rings (SSSR count). The third kappa shape index (κ3) is 2.08. The van der Waals surface area contributed by atoms with Crippen LogP contribution in [-0.2, 0) is 4.79 Å². The summed E-state index contributed by atoms with van der Waals surface area (Å²) in [4.78, 5) is 11.3. The van der Waals surface area contributed by atoms with E-state index in [-0.39, 0.29) is 11.9 Å². The Morgan fingerprint density at radius 1 is 1.83 bits per heavy atom. The molecule has 0 spiro atoms. The molecule has 68 valence electrons. The molecule has 1 fully saturated rings. The Bertz CT molecular complexity index is 197. The van der Waals surface area contributed by atoms with Gasteiger partial charge in [-0.2, -0.15) is 0 Å². The fourth-order valence-electron chi connectivity index (χ4n) is 1.04. The van der Waals surface area contributed by atoms with E-state index >= 15 is 0 Å². The van der Waals surface area contributed by atoms with Gasteiger partial charge < -0.3 is 11.1 Å². The fraction of sp³-hybridized carbons (Fsp3) is 0.667. The van der Waals surface area contributed by atoms with Gasteiger partial charge in [0, 0.05) is 6.04 Å². The molecule has 1 aliphatic carbocycles. The molecule has 3 N–H and O–H groups in total. The van der Waals surface area contributed by atoms with Crippen molar-refractivity contribution in [3.05, 3.63) is 12.7 Å². The number of hydrogen-bond donors (Lipinski definition) is 2. The average molecular weight is 168 g/mol. The largest absolute Gasteiger partial charge is 0.352 e. The number of carbonyl (C=O) groups excluding carboxylic acids is 1. The molecule has 0 aliphatic heterocycles. The van der Waals surface area contributed by atoms with Gasteiger partial charge >= 0.3 is 0 Å². The maximum Gasteiger partial charge on any atom is 0.240 e. The molecule has 1 amide bonds. The summed E-state index contributed by atoms with van der Waals surface area (Å²) >= 11 is 0. The minimum absolute atomic E-state index is 0.0168. The van der Waals surface area contributed by atoms with Gasteiger partial charge in [-0.05, 0) is 26.2 Å². The molecule has 3 nitrogen and oxygen atoms in total. The third-order valence-corrected chi connectivity index (χ3v) is 2.14. The topological polar surface area (TPSA) is 55.1 Å². The summed E-state index contributed by atoms with van der Waals surface area (Å²) in [6, 6.07) is 0.149. The molecule has 0 radical (unpaired) electrons. The molecule has 0 aromatic carbocycles. The second-order valence-electron chi connectivity index (χ2n) is 3.56. The van der Waals surface area contributed by atoms with Crippen molar-refractivity contribution in [1.82, 2.24) is 5.32 Å². The number of hydrogen-bond acceptors (Lipinski definition) is 2. The van der Waals surface area contributed by atoms with Crippen LogP contribution in [0, 0.1) is 0 Å². The predicted octanol–water partition coefficient (Wildman–Crippen LogP) is 0.558. The van der Waals surface area contributed by atoms with Gasteiger partial charge in [0.05, 0.1) is 5.54 Å². The van der Waals surface area contributed by atoms with E-state index < -0.39 is 5.54 Å². The Morgan fingerprint density at radius 3 is 2.83 bits per heavy atom. The first-order valence-electron chi connectivity index (χ1n) is 4.29. The molecule has 3 heteroatoms. The van der Waals surface area contributed by atoms with Crippen LogP contribution in [0.3, 0.4) is 0 Å². The smallest absolute Gasteiger partial charge is 0.240 e. The zero-order chi connectivity index (χ0) is 9.19. The van der Waals surface area contributed by atoms with Gasteiger partial charge in [-0.3, -0.25) is 4.79 Å². The Hall–Kier alpha value is -0.830. The molecule has 0 aromatic heterocycles. The van der Waals surface area contributed by atoms with Crippen LogP contribution in [0.1, 0.15) is 26.2 Å². The molecular formula is C9H16N2O. The van der Waals surface area contributed by atoms with Gasteiger partial charge in [0.2, 0.25) is 5.91 Å². The van der Waals surface area contributed by atoms with Crippen LogP contribution in [0.4, 0.5) is 0 Å². The summed E-state index contributed by atoms with van der Waals surface area (Å²) < 4.78 is 0. The lowest BCUT2D eigenvalue weighted by molar-refractivity contribution is -0.123. The standard InChI is InChI=1S/C9H16N2O/c1-3-4-7(2)11-8(12)9(10)5-6-9/h3,7H,1,4-6,10H2,2H3,(H,11,12). The van der Waals surface area contributed by atoms with E-state index in [1.165, 1.54) is 0 Å². The quantitative estimate of drug-likeness (QED) is 0.603. The van der Waals surface area contributed by atoms with Crippen molar-refractivity contribution in [2.24, 2.45) is 5.73 Å².